The lowest BCUT2D eigenvalue weighted by atomic mass is 9.97. The highest BCUT2D eigenvalue weighted by molar-refractivity contribution is 6.19. The van der Waals surface area contributed by atoms with E-state index in [1.54, 1.807) is 51.7 Å². The van der Waals surface area contributed by atoms with Crippen LogP contribution in [0.15, 0.2) is 71.1 Å². The van der Waals surface area contributed by atoms with Crippen LogP contribution in [0, 0.1) is 0 Å². The van der Waals surface area contributed by atoms with Crippen LogP contribution in [0.5, 0.6) is 17.2 Å². The second-order valence-corrected chi connectivity index (χ2v) is 6.80. The van der Waals surface area contributed by atoms with Crippen LogP contribution in [0.2, 0.25) is 0 Å². The minimum Gasteiger partial charge on any atom is -0.497 e. The highest BCUT2D eigenvalue weighted by atomic mass is 16.7. The van der Waals surface area contributed by atoms with Gasteiger partial charge in [0.15, 0.2) is 12.6 Å². The molecular formula is C25H22O6. The number of ketones is 1. The van der Waals surface area contributed by atoms with E-state index in [-0.39, 0.29) is 12.6 Å². The zero-order chi connectivity index (χ0) is 21.8. The maximum atomic E-state index is 13.5. The fraction of sp³-hybridized carbons (Fsp3) is 0.160. The molecule has 0 amide bonds. The average Bonchev–Trinajstić information content (AvgIpc) is 3.21. The minimum absolute atomic E-state index is 0.142. The fourth-order valence-electron chi connectivity index (χ4n) is 3.35. The van der Waals surface area contributed by atoms with Crippen molar-refractivity contribution in [2.24, 2.45) is 0 Å². The molecule has 31 heavy (non-hydrogen) atoms. The van der Waals surface area contributed by atoms with E-state index in [9.17, 15) is 4.79 Å². The van der Waals surface area contributed by atoms with Crippen molar-refractivity contribution in [1.29, 1.82) is 0 Å². The quantitative estimate of drug-likeness (QED) is 0.285. The van der Waals surface area contributed by atoms with Crippen molar-refractivity contribution in [2.45, 2.75) is 0 Å². The molecule has 0 spiro atoms. The summed E-state index contributed by atoms with van der Waals surface area (Å²) in [7, 11) is 4.75. The average molecular weight is 418 g/mol. The first-order valence-corrected chi connectivity index (χ1v) is 9.66. The van der Waals surface area contributed by atoms with Gasteiger partial charge in [-0.2, -0.15) is 0 Å². The van der Waals surface area contributed by atoms with Gasteiger partial charge in [-0.3, -0.25) is 4.79 Å². The van der Waals surface area contributed by atoms with Gasteiger partial charge >= 0.3 is 0 Å². The Bertz CT molecular complexity index is 1190. The fourth-order valence-corrected chi connectivity index (χ4v) is 3.35. The third-order valence-electron chi connectivity index (χ3n) is 4.94. The van der Waals surface area contributed by atoms with Gasteiger partial charge in [-0.05, 0) is 60.7 Å². The number of hydrogen-bond acceptors (Lipinski definition) is 6. The Morgan fingerprint density at radius 2 is 1.45 bits per heavy atom. The molecule has 0 saturated heterocycles. The van der Waals surface area contributed by atoms with Gasteiger partial charge in [-0.15, -0.1) is 0 Å². The van der Waals surface area contributed by atoms with Gasteiger partial charge in [0.25, 0.3) is 0 Å². The lowest BCUT2D eigenvalue weighted by Crippen LogP contribution is -2.03. The van der Waals surface area contributed by atoms with Crippen molar-refractivity contribution in [1.82, 2.24) is 0 Å². The SMILES string of the molecule is COCOc1ccc(C(=O)c2c(-c3ccc(OC)cc3)oc3cc(OC)ccc23)cc1. The van der Waals surface area contributed by atoms with Crippen LogP contribution >= 0.6 is 0 Å². The Morgan fingerprint density at radius 3 is 2.10 bits per heavy atom. The van der Waals surface area contributed by atoms with Crippen LogP contribution in [0.3, 0.4) is 0 Å². The summed E-state index contributed by atoms with van der Waals surface area (Å²) < 4.78 is 27.0. The summed E-state index contributed by atoms with van der Waals surface area (Å²) >= 11 is 0. The smallest absolute Gasteiger partial charge is 0.197 e. The third-order valence-corrected chi connectivity index (χ3v) is 4.94. The number of methoxy groups -OCH3 is 3. The summed E-state index contributed by atoms with van der Waals surface area (Å²) in [6.45, 7) is 0.142. The van der Waals surface area contributed by atoms with Crippen molar-refractivity contribution in [3.05, 3.63) is 77.9 Å². The summed E-state index contributed by atoms with van der Waals surface area (Å²) in [6, 6.07) is 19.8. The van der Waals surface area contributed by atoms with Gasteiger partial charge in [0, 0.05) is 29.7 Å². The monoisotopic (exact) mass is 418 g/mol. The molecule has 0 aliphatic carbocycles. The van der Waals surface area contributed by atoms with Crippen LogP contribution in [-0.2, 0) is 4.74 Å². The Balaban J connectivity index is 1.81. The lowest BCUT2D eigenvalue weighted by Gasteiger charge is -2.07. The largest absolute Gasteiger partial charge is 0.497 e. The molecule has 0 atom stereocenters. The lowest BCUT2D eigenvalue weighted by molar-refractivity contribution is 0.0511. The molecule has 3 aromatic carbocycles. The predicted octanol–water partition coefficient (Wildman–Crippen LogP) is 5.33. The summed E-state index contributed by atoms with van der Waals surface area (Å²) in [5, 5.41) is 0.719. The van der Waals surface area contributed by atoms with Crippen LogP contribution < -0.4 is 14.2 Å². The Morgan fingerprint density at radius 1 is 0.806 bits per heavy atom. The number of ether oxygens (including phenoxy) is 4. The molecule has 6 heteroatoms. The molecule has 1 heterocycles. The maximum absolute atomic E-state index is 13.5. The van der Waals surface area contributed by atoms with Crippen molar-refractivity contribution in [2.75, 3.05) is 28.1 Å². The third kappa shape index (κ3) is 4.11. The summed E-state index contributed by atoms with van der Waals surface area (Å²) in [4.78, 5) is 13.5. The summed E-state index contributed by atoms with van der Waals surface area (Å²) in [6.07, 6.45) is 0. The highest BCUT2D eigenvalue weighted by Gasteiger charge is 2.23. The summed E-state index contributed by atoms with van der Waals surface area (Å²) in [5.74, 6) is 2.35. The molecule has 0 unspecified atom stereocenters. The molecule has 0 saturated carbocycles. The van der Waals surface area contributed by atoms with E-state index in [0.29, 0.717) is 34.0 Å². The number of furan rings is 1. The molecule has 0 bridgehead atoms. The van der Waals surface area contributed by atoms with Crippen LogP contribution in [0.1, 0.15) is 15.9 Å². The molecule has 4 rings (SSSR count). The number of benzene rings is 3. The first-order valence-electron chi connectivity index (χ1n) is 9.66. The first kappa shape index (κ1) is 20.5. The second kappa shape index (κ2) is 8.93. The molecule has 0 fully saturated rings. The van der Waals surface area contributed by atoms with E-state index >= 15 is 0 Å². The Kier molecular flexibility index (Phi) is 5.91. The van der Waals surface area contributed by atoms with Crippen LogP contribution in [-0.4, -0.2) is 33.9 Å². The first-order chi connectivity index (χ1) is 15.1. The predicted molar refractivity (Wildman–Crippen MR) is 117 cm³/mol. The van der Waals surface area contributed by atoms with Gasteiger partial charge < -0.3 is 23.4 Å². The van der Waals surface area contributed by atoms with E-state index in [0.717, 1.165) is 16.7 Å². The van der Waals surface area contributed by atoms with Gasteiger partial charge in [0.1, 0.15) is 28.6 Å². The topological polar surface area (TPSA) is 67.1 Å². The van der Waals surface area contributed by atoms with Gasteiger partial charge in [-0.25, -0.2) is 0 Å². The molecule has 1 aromatic heterocycles. The van der Waals surface area contributed by atoms with E-state index < -0.39 is 0 Å². The second-order valence-electron chi connectivity index (χ2n) is 6.80. The van der Waals surface area contributed by atoms with E-state index in [1.807, 2.05) is 36.4 Å². The number of carbonyl (C=O) groups is 1. The van der Waals surface area contributed by atoms with Crippen molar-refractivity contribution >= 4 is 16.8 Å². The van der Waals surface area contributed by atoms with Gasteiger partial charge in [0.05, 0.1) is 19.8 Å². The summed E-state index contributed by atoms with van der Waals surface area (Å²) in [5.41, 5.74) is 2.37. The number of hydrogen-bond donors (Lipinski definition) is 0. The minimum atomic E-state index is -0.145. The molecular weight excluding hydrogens is 396 g/mol. The molecule has 4 aromatic rings. The van der Waals surface area contributed by atoms with Crippen LogP contribution in [0.25, 0.3) is 22.3 Å². The molecule has 0 N–H and O–H groups in total. The Labute approximate surface area is 179 Å². The van der Waals surface area contributed by atoms with Crippen molar-refractivity contribution in [3.63, 3.8) is 0 Å². The highest BCUT2D eigenvalue weighted by Crippen LogP contribution is 2.37. The van der Waals surface area contributed by atoms with Gasteiger partial charge in [-0.1, -0.05) is 0 Å². The number of fused-ring (bicyclic) bond motifs is 1. The molecule has 0 aliphatic heterocycles. The number of rotatable bonds is 8. The normalized spacial score (nSPS) is 10.8. The van der Waals surface area contributed by atoms with Crippen LogP contribution in [0.4, 0.5) is 0 Å². The molecule has 0 radical (unpaired) electrons. The zero-order valence-electron chi connectivity index (χ0n) is 17.5. The van der Waals surface area contributed by atoms with Crippen molar-refractivity contribution in [3.8, 4) is 28.6 Å². The molecule has 0 aliphatic rings. The number of carbonyl (C=O) groups excluding carboxylic acids is 1. The van der Waals surface area contributed by atoms with Crippen molar-refractivity contribution < 1.29 is 28.2 Å². The van der Waals surface area contributed by atoms with E-state index in [2.05, 4.69) is 0 Å². The van der Waals surface area contributed by atoms with Gasteiger partial charge in [0.2, 0.25) is 0 Å². The van der Waals surface area contributed by atoms with E-state index in [4.69, 9.17) is 23.4 Å². The maximum Gasteiger partial charge on any atom is 0.197 e. The zero-order valence-corrected chi connectivity index (χ0v) is 17.5. The van der Waals surface area contributed by atoms with E-state index in [1.165, 1.54) is 0 Å². The molecule has 158 valence electrons. The molecule has 6 nitrogen and oxygen atoms in total. The Hall–Kier alpha value is -3.77. The standard InChI is InChI=1S/C25H22O6/c1-27-15-30-19-10-4-16(5-11-19)24(26)23-21-13-12-20(29-3)14-22(21)31-25(23)17-6-8-18(28-2)9-7-17/h4-14H,15H2,1-3H3.